The Morgan fingerprint density at radius 2 is 1.15 bits per heavy atom. The molecule has 0 saturated heterocycles. The largest absolute Gasteiger partial charge is 0.0822 e. The first-order chi connectivity index (χ1) is 19.1. The van der Waals surface area contributed by atoms with Gasteiger partial charge >= 0.3 is 0 Å². The number of rotatable bonds is 16. The smallest absolute Gasteiger partial charge is 0.0206 e. The molecular weight excluding hydrogens is 468 g/mol. The molecule has 0 N–H and O–H groups in total. The molecule has 0 aromatic heterocycles. The Hall–Kier alpha value is -0.260. The highest BCUT2D eigenvalue weighted by atomic mass is 14.6. The van der Waals surface area contributed by atoms with Crippen LogP contribution in [0.4, 0.5) is 0 Å². The zero-order chi connectivity index (χ0) is 27.5. The van der Waals surface area contributed by atoms with Crippen LogP contribution in [0.1, 0.15) is 188 Å². The van der Waals surface area contributed by atoms with E-state index in [1.54, 1.807) is 44.1 Å². The van der Waals surface area contributed by atoms with Gasteiger partial charge in [-0.05, 0) is 112 Å². The van der Waals surface area contributed by atoms with Crippen LogP contribution in [0.25, 0.3) is 0 Å². The molecule has 4 aliphatic rings. The van der Waals surface area contributed by atoms with Crippen LogP contribution >= 0.6 is 0 Å². The number of hydrogen-bond acceptors (Lipinski definition) is 0. The van der Waals surface area contributed by atoms with E-state index in [0.717, 1.165) is 41.4 Å². The van der Waals surface area contributed by atoms with Gasteiger partial charge in [0, 0.05) is 0 Å². The maximum absolute atomic E-state index is 2.86. The van der Waals surface area contributed by atoms with E-state index >= 15 is 0 Å². The quantitative estimate of drug-likeness (QED) is 0.135. The molecule has 4 rings (SSSR count). The van der Waals surface area contributed by atoms with Crippen molar-refractivity contribution < 1.29 is 0 Å². The molecule has 0 heterocycles. The molecule has 226 valence electrons. The minimum absolute atomic E-state index is 0.685. The molecule has 0 heteroatoms. The van der Waals surface area contributed by atoms with Crippen LogP contribution in [0.3, 0.4) is 0 Å². The molecule has 0 nitrogen and oxygen atoms in total. The van der Waals surface area contributed by atoms with Gasteiger partial charge in [-0.3, -0.25) is 0 Å². The van der Waals surface area contributed by atoms with Crippen LogP contribution in [-0.4, -0.2) is 0 Å². The van der Waals surface area contributed by atoms with Crippen molar-refractivity contribution >= 4 is 0 Å². The zero-order valence-electron chi connectivity index (χ0n) is 27.3. The molecule has 39 heavy (non-hydrogen) atoms. The van der Waals surface area contributed by atoms with E-state index in [2.05, 4.69) is 33.8 Å². The SMILES string of the molecule is CCCCCCCCC1(CCCCCCCC)C2CC(C)CCC2C2CCC(C=C(C)C3CCCCC3)CC21. The van der Waals surface area contributed by atoms with Crippen LogP contribution in [0.2, 0.25) is 0 Å². The van der Waals surface area contributed by atoms with E-state index in [-0.39, 0.29) is 0 Å². The van der Waals surface area contributed by atoms with Gasteiger partial charge in [0.05, 0.1) is 0 Å². The van der Waals surface area contributed by atoms with E-state index in [1.165, 1.54) is 122 Å². The third-order valence-corrected chi connectivity index (χ3v) is 12.9. The van der Waals surface area contributed by atoms with Crippen molar-refractivity contribution in [2.45, 2.75) is 188 Å². The lowest BCUT2D eigenvalue weighted by Crippen LogP contribution is -2.38. The maximum Gasteiger partial charge on any atom is -0.0206 e. The van der Waals surface area contributed by atoms with Crippen LogP contribution in [-0.2, 0) is 0 Å². The topological polar surface area (TPSA) is 0 Å². The van der Waals surface area contributed by atoms with Gasteiger partial charge in [0.25, 0.3) is 0 Å². The molecule has 0 spiro atoms. The Morgan fingerprint density at radius 3 is 1.77 bits per heavy atom. The van der Waals surface area contributed by atoms with Gasteiger partial charge in [0.15, 0.2) is 0 Å². The summed E-state index contributed by atoms with van der Waals surface area (Å²) in [5, 5.41) is 0. The van der Waals surface area contributed by atoms with E-state index < -0.39 is 0 Å². The lowest BCUT2D eigenvalue weighted by atomic mass is 9.58. The van der Waals surface area contributed by atoms with Crippen molar-refractivity contribution in [1.29, 1.82) is 0 Å². The summed E-state index contributed by atoms with van der Waals surface area (Å²) in [6.07, 6.45) is 40.4. The predicted molar refractivity (Wildman–Crippen MR) is 173 cm³/mol. The molecule has 0 aromatic carbocycles. The Balaban J connectivity index is 1.51. The lowest BCUT2D eigenvalue weighted by Gasteiger charge is -2.46. The molecule has 4 fully saturated rings. The first-order valence-corrected chi connectivity index (χ1v) is 18.8. The lowest BCUT2D eigenvalue weighted by molar-refractivity contribution is 0.0363. The summed E-state index contributed by atoms with van der Waals surface area (Å²) >= 11 is 0. The fraction of sp³-hybridized carbons (Fsp3) is 0.949. The predicted octanol–water partition coefficient (Wildman–Crippen LogP) is 13.1. The van der Waals surface area contributed by atoms with Crippen molar-refractivity contribution in [3.8, 4) is 0 Å². The molecule has 0 amide bonds. The summed E-state index contributed by atoms with van der Waals surface area (Å²) in [5.41, 5.74) is 2.48. The number of hydrogen-bond donors (Lipinski definition) is 0. The Kier molecular flexibility index (Phi) is 13.3. The first-order valence-electron chi connectivity index (χ1n) is 18.8. The summed E-state index contributed by atoms with van der Waals surface area (Å²) in [4.78, 5) is 0. The molecule has 0 aromatic rings. The maximum atomic E-state index is 2.86. The van der Waals surface area contributed by atoms with Crippen molar-refractivity contribution in [2.24, 2.45) is 46.8 Å². The summed E-state index contributed by atoms with van der Waals surface area (Å²) < 4.78 is 0. The summed E-state index contributed by atoms with van der Waals surface area (Å²) in [6, 6.07) is 0. The van der Waals surface area contributed by atoms with Gasteiger partial charge in [0.1, 0.15) is 0 Å². The van der Waals surface area contributed by atoms with Gasteiger partial charge in [-0.1, -0.05) is 135 Å². The fourth-order valence-corrected chi connectivity index (χ4v) is 10.8. The molecule has 4 saturated carbocycles. The van der Waals surface area contributed by atoms with Crippen LogP contribution in [0, 0.1) is 46.8 Å². The van der Waals surface area contributed by atoms with Crippen LogP contribution < -0.4 is 0 Å². The third-order valence-electron chi connectivity index (χ3n) is 12.9. The highest BCUT2D eigenvalue weighted by molar-refractivity contribution is 5.13. The molecule has 0 radical (unpaired) electrons. The minimum Gasteiger partial charge on any atom is -0.0822 e. The molecule has 0 aliphatic heterocycles. The normalized spacial score (nSPS) is 33.2. The molecule has 4 aliphatic carbocycles. The molecule has 6 atom stereocenters. The standard InChI is InChI=1S/C39H70/c1-5-7-9-11-13-18-26-39(27-19-14-12-10-8-6-2)37-28-31(3)22-24-35(37)36-25-23-33(30-38(36)39)29-32(4)34-20-16-15-17-21-34/h29,31,33-38H,5-28,30H2,1-4H3. The monoisotopic (exact) mass is 539 g/mol. The average molecular weight is 539 g/mol. The van der Waals surface area contributed by atoms with Gasteiger partial charge in [-0.25, -0.2) is 0 Å². The second-order valence-electron chi connectivity index (χ2n) is 15.5. The van der Waals surface area contributed by atoms with Gasteiger partial charge in [0.2, 0.25) is 0 Å². The Labute approximate surface area is 246 Å². The summed E-state index contributed by atoms with van der Waals surface area (Å²) in [6.45, 7) is 9.86. The zero-order valence-corrected chi connectivity index (χ0v) is 27.3. The van der Waals surface area contributed by atoms with E-state index in [4.69, 9.17) is 0 Å². The van der Waals surface area contributed by atoms with E-state index in [0.29, 0.717) is 5.41 Å². The van der Waals surface area contributed by atoms with Gasteiger partial charge < -0.3 is 0 Å². The van der Waals surface area contributed by atoms with E-state index in [9.17, 15) is 0 Å². The van der Waals surface area contributed by atoms with Crippen molar-refractivity contribution in [2.75, 3.05) is 0 Å². The third kappa shape index (κ3) is 8.40. The summed E-state index contributed by atoms with van der Waals surface area (Å²) in [7, 11) is 0. The minimum atomic E-state index is 0.685. The van der Waals surface area contributed by atoms with Crippen LogP contribution in [0.5, 0.6) is 0 Å². The first kappa shape index (κ1) is 31.7. The second kappa shape index (κ2) is 16.4. The Morgan fingerprint density at radius 1 is 0.615 bits per heavy atom. The molecule has 6 unspecified atom stereocenters. The van der Waals surface area contributed by atoms with E-state index in [1.807, 2.05) is 0 Å². The summed E-state index contributed by atoms with van der Waals surface area (Å²) in [5.74, 6) is 7.03. The highest BCUT2D eigenvalue weighted by Crippen LogP contribution is 2.68. The second-order valence-corrected chi connectivity index (χ2v) is 15.5. The highest BCUT2D eigenvalue weighted by Gasteiger charge is 2.60. The van der Waals surface area contributed by atoms with Gasteiger partial charge in [-0.2, -0.15) is 0 Å². The Bertz CT molecular complexity index is 679. The van der Waals surface area contributed by atoms with Crippen molar-refractivity contribution in [3.63, 3.8) is 0 Å². The van der Waals surface area contributed by atoms with Crippen LogP contribution in [0.15, 0.2) is 11.6 Å². The molecule has 0 bridgehead atoms. The number of allylic oxidation sites excluding steroid dienone is 2. The number of fused-ring (bicyclic) bond motifs is 3. The fourth-order valence-electron chi connectivity index (χ4n) is 10.8. The van der Waals surface area contributed by atoms with Gasteiger partial charge in [-0.15, -0.1) is 0 Å². The average Bonchev–Trinajstić information content (AvgIpc) is 3.21. The number of unbranched alkanes of at least 4 members (excludes halogenated alkanes) is 10. The molecular formula is C39H70. The van der Waals surface area contributed by atoms with Crippen molar-refractivity contribution in [3.05, 3.63) is 11.6 Å². The van der Waals surface area contributed by atoms with Crippen molar-refractivity contribution in [1.82, 2.24) is 0 Å².